The van der Waals surface area contributed by atoms with E-state index in [1.165, 1.54) is 6.92 Å². The molecule has 0 saturated heterocycles. The van der Waals surface area contributed by atoms with Crippen LogP contribution in [0.4, 0.5) is 0 Å². The second-order valence-electron chi connectivity index (χ2n) is 4.48. The van der Waals surface area contributed by atoms with Gasteiger partial charge in [-0.05, 0) is 13.3 Å². The lowest BCUT2D eigenvalue weighted by atomic mass is 10.1. The Labute approximate surface area is 116 Å². The SMILES string of the molecule is CCCc1noc(CCC(=O)N[C@H](C(=O)O)[C@@H](C)O)n1. The van der Waals surface area contributed by atoms with E-state index in [1.54, 1.807) is 0 Å². The normalized spacial score (nSPS) is 13.8. The summed E-state index contributed by atoms with van der Waals surface area (Å²) in [4.78, 5) is 26.5. The number of carboxylic acid groups (broad SMARTS) is 1. The number of amides is 1. The lowest BCUT2D eigenvalue weighted by molar-refractivity contribution is -0.144. The Morgan fingerprint density at radius 1 is 1.40 bits per heavy atom. The molecule has 0 radical (unpaired) electrons. The lowest BCUT2D eigenvalue weighted by Crippen LogP contribution is -2.47. The van der Waals surface area contributed by atoms with Gasteiger partial charge in [0.1, 0.15) is 0 Å². The second-order valence-corrected chi connectivity index (χ2v) is 4.48. The van der Waals surface area contributed by atoms with Crippen LogP contribution < -0.4 is 5.32 Å². The fraction of sp³-hybridized carbons (Fsp3) is 0.667. The Morgan fingerprint density at radius 2 is 2.10 bits per heavy atom. The van der Waals surface area contributed by atoms with E-state index in [-0.39, 0.29) is 12.8 Å². The summed E-state index contributed by atoms with van der Waals surface area (Å²) in [6.07, 6.45) is 0.683. The van der Waals surface area contributed by atoms with Crippen molar-refractivity contribution in [1.82, 2.24) is 15.5 Å². The summed E-state index contributed by atoms with van der Waals surface area (Å²) in [5.74, 6) is -0.840. The third-order valence-corrected chi connectivity index (χ3v) is 2.61. The van der Waals surface area contributed by atoms with Gasteiger partial charge < -0.3 is 20.1 Å². The molecule has 8 nitrogen and oxygen atoms in total. The maximum atomic E-state index is 11.6. The van der Waals surface area contributed by atoms with Crippen molar-refractivity contribution in [3.8, 4) is 0 Å². The van der Waals surface area contributed by atoms with Gasteiger partial charge in [0.05, 0.1) is 6.10 Å². The van der Waals surface area contributed by atoms with Gasteiger partial charge in [-0.1, -0.05) is 12.1 Å². The molecular weight excluding hydrogens is 266 g/mol. The number of aromatic nitrogens is 2. The third kappa shape index (κ3) is 4.96. The molecule has 0 aliphatic heterocycles. The predicted molar refractivity (Wildman–Crippen MR) is 67.9 cm³/mol. The van der Waals surface area contributed by atoms with Gasteiger partial charge >= 0.3 is 5.97 Å². The van der Waals surface area contributed by atoms with Crippen molar-refractivity contribution in [2.45, 2.75) is 51.7 Å². The zero-order chi connectivity index (χ0) is 15.1. The average Bonchev–Trinajstić information content (AvgIpc) is 2.81. The van der Waals surface area contributed by atoms with Gasteiger partial charge in [0.2, 0.25) is 11.8 Å². The molecule has 3 N–H and O–H groups in total. The first-order valence-electron chi connectivity index (χ1n) is 6.45. The first-order chi connectivity index (χ1) is 9.43. The van der Waals surface area contributed by atoms with Crippen molar-refractivity contribution in [3.05, 3.63) is 11.7 Å². The zero-order valence-corrected chi connectivity index (χ0v) is 11.5. The number of aliphatic hydroxyl groups is 1. The van der Waals surface area contributed by atoms with E-state index in [1.807, 2.05) is 6.92 Å². The summed E-state index contributed by atoms with van der Waals surface area (Å²) in [6.45, 7) is 3.29. The Bertz CT molecular complexity index is 458. The topological polar surface area (TPSA) is 126 Å². The van der Waals surface area contributed by atoms with E-state index in [2.05, 4.69) is 15.5 Å². The highest BCUT2D eigenvalue weighted by Crippen LogP contribution is 2.03. The number of nitrogens with one attached hydrogen (secondary N) is 1. The van der Waals surface area contributed by atoms with Crippen molar-refractivity contribution >= 4 is 11.9 Å². The molecule has 0 aliphatic carbocycles. The molecule has 8 heteroatoms. The molecule has 1 aromatic rings. The molecule has 0 saturated carbocycles. The minimum atomic E-state index is -1.32. The zero-order valence-electron chi connectivity index (χ0n) is 11.5. The van der Waals surface area contributed by atoms with Crippen LogP contribution in [0.15, 0.2) is 4.52 Å². The second kappa shape index (κ2) is 7.59. The van der Waals surface area contributed by atoms with E-state index in [0.29, 0.717) is 18.1 Å². The average molecular weight is 285 g/mol. The first kappa shape index (κ1) is 16.1. The predicted octanol–water partition coefficient (Wildman–Crippen LogP) is -0.0951. The van der Waals surface area contributed by atoms with Gasteiger partial charge in [0, 0.05) is 19.3 Å². The van der Waals surface area contributed by atoms with Crippen LogP contribution in [0.25, 0.3) is 0 Å². The summed E-state index contributed by atoms with van der Waals surface area (Å²) in [6, 6.07) is -1.32. The highest BCUT2D eigenvalue weighted by Gasteiger charge is 2.24. The van der Waals surface area contributed by atoms with Gasteiger partial charge in [-0.2, -0.15) is 4.98 Å². The molecule has 1 rings (SSSR count). The Balaban J connectivity index is 2.44. The van der Waals surface area contributed by atoms with Crippen LogP contribution in [0.1, 0.15) is 38.4 Å². The van der Waals surface area contributed by atoms with Gasteiger partial charge in [-0.25, -0.2) is 4.79 Å². The van der Waals surface area contributed by atoms with Crippen molar-refractivity contribution in [2.24, 2.45) is 0 Å². The van der Waals surface area contributed by atoms with Crippen LogP contribution in [0.2, 0.25) is 0 Å². The summed E-state index contributed by atoms with van der Waals surface area (Å²) in [7, 11) is 0. The maximum Gasteiger partial charge on any atom is 0.328 e. The summed E-state index contributed by atoms with van der Waals surface area (Å²) in [5, 5.41) is 24.1. The van der Waals surface area contributed by atoms with Crippen LogP contribution in [0.3, 0.4) is 0 Å². The Hall–Kier alpha value is -1.96. The van der Waals surface area contributed by atoms with E-state index in [0.717, 1.165) is 6.42 Å². The number of rotatable bonds is 8. The molecular formula is C12H19N3O5. The standard InChI is InChI=1S/C12H19N3O5/c1-3-4-8-13-10(20-15-8)6-5-9(17)14-11(7(2)16)12(18)19/h7,11,16H,3-6H2,1-2H3,(H,14,17)(H,18,19)/t7-,11+/m1/s1. The number of carbonyl (C=O) groups excluding carboxylic acids is 1. The van der Waals surface area contributed by atoms with Gasteiger partial charge in [-0.15, -0.1) is 0 Å². The Morgan fingerprint density at radius 3 is 2.65 bits per heavy atom. The largest absolute Gasteiger partial charge is 0.480 e. The quantitative estimate of drug-likeness (QED) is 0.609. The number of carboxylic acids is 1. The fourth-order valence-electron chi connectivity index (χ4n) is 1.57. The molecule has 0 unspecified atom stereocenters. The minimum absolute atomic E-state index is 0.0181. The van der Waals surface area contributed by atoms with E-state index in [9.17, 15) is 14.7 Å². The van der Waals surface area contributed by atoms with Crippen molar-refractivity contribution in [2.75, 3.05) is 0 Å². The number of nitrogens with zero attached hydrogens (tertiary/aromatic N) is 2. The van der Waals surface area contributed by atoms with E-state index >= 15 is 0 Å². The van der Waals surface area contributed by atoms with Crippen molar-refractivity contribution in [3.63, 3.8) is 0 Å². The van der Waals surface area contributed by atoms with Crippen LogP contribution in [0, 0.1) is 0 Å². The minimum Gasteiger partial charge on any atom is -0.480 e. The molecule has 0 bridgehead atoms. The molecule has 1 aromatic heterocycles. The van der Waals surface area contributed by atoms with E-state index < -0.39 is 24.0 Å². The molecule has 1 amide bonds. The van der Waals surface area contributed by atoms with Crippen molar-refractivity contribution < 1.29 is 24.3 Å². The Kier molecular flexibility index (Phi) is 6.10. The summed E-state index contributed by atoms with van der Waals surface area (Å²) in [5.41, 5.74) is 0. The van der Waals surface area contributed by atoms with Crippen LogP contribution in [-0.2, 0) is 22.4 Å². The molecule has 0 fully saturated rings. The molecule has 1 heterocycles. The number of hydrogen-bond donors (Lipinski definition) is 3. The number of aliphatic hydroxyl groups excluding tert-OH is 1. The van der Waals surface area contributed by atoms with Gasteiger partial charge in [0.15, 0.2) is 11.9 Å². The molecule has 0 aliphatic rings. The maximum absolute atomic E-state index is 11.6. The van der Waals surface area contributed by atoms with Crippen LogP contribution >= 0.6 is 0 Å². The molecule has 0 spiro atoms. The number of aliphatic carboxylic acids is 1. The molecule has 20 heavy (non-hydrogen) atoms. The number of carbonyl (C=O) groups is 2. The van der Waals surface area contributed by atoms with E-state index in [4.69, 9.17) is 9.63 Å². The van der Waals surface area contributed by atoms with Gasteiger partial charge in [0.25, 0.3) is 0 Å². The fourth-order valence-corrected chi connectivity index (χ4v) is 1.57. The molecule has 112 valence electrons. The molecule has 0 aromatic carbocycles. The van der Waals surface area contributed by atoms with Crippen molar-refractivity contribution in [1.29, 1.82) is 0 Å². The smallest absolute Gasteiger partial charge is 0.328 e. The third-order valence-electron chi connectivity index (χ3n) is 2.61. The summed E-state index contributed by atoms with van der Waals surface area (Å²) >= 11 is 0. The highest BCUT2D eigenvalue weighted by molar-refractivity contribution is 5.83. The van der Waals surface area contributed by atoms with Crippen LogP contribution in [0.5, 0.6) is 0 Å². The summed E-state index contributed by atoms with van der Waals surface area (Å²) < 4.78 is 4.96. The number of aryl methyl sites for hydroxylation is 2. The lowest BCUT2D eigenvalue weighted by Gasteiger charge is -2.16. The van der Waals surface area contributed by atoms with Gasteiger partial charge in [-0.3, -0.25) is 4.79 Å². The first-order valence-corrected chi connectivity index (χ1v) is 6.45. The monoisotopic (exact) mass is 285 g/mol. The molecule has 2 atom stereocenters. The van der Waals surface area contributed by atoms with Crippen LogP contribution in [-0.4, -0.2) is 44.4 Å². The highest BCUT2D eigenvalue weighted by atomic mass is 16.5. The number of hydrogen-bond acceptors (Lipinski definition) is 6.